The molecule has 0 spiro atoms. The number of aryl methyl sites for hydroxylation is 1. The molecular weight excluding hydrogens is 194 g/mol. The van der Waals surface area contributed by atoms with Crippen LogP contribution in [0.4, 0.5) is 0 Å². The van der Waals surface area contributed by atoms with Gasteiger partial charge < -0.3 is 0 Å². The molecule has 4 nitrogen and oxygen atoms in total. The van der Waals surface area contributed by atoms with Crippen molar-refractivity contribution in [3.05, 3.63) is 35.7 Å². The molecule has 0 aliphatic heterocycles. The van der Waals surface area contributed by atoms with Gasteiger partial charge in [-0.3, -0.25) is 9.78 Å². The third kappa shape index (κ3) is 7.05. The summed E-state index contributed by atoms with van der Waals surface area (Å²) in [4.78, 5) is 30.9. The molecule has 0 unspecified atom stereocenters. The van der Waals surface area contributed by atoms with Gasteiger partial charge in [0, 0.05) is 11.9 Å². The van der Waals surface area contributed by atoms with Gasteiger partial charge in [0.15, 0.2) is 5.78 Å². The van der Waals surface area contributed by atoms with Gasteiger partial charge in [0.1, 0.15) is 0 Å². The van der Waals surface area contributed by atoms with Gasteiger partial charge in [-0.05, 0) is 37.6 Å². The van der Waals surface area contributed by atoms with Gasteiger partial charge in [-0.15, -0.1) is 0 Å². The topological polar surface area (TPSA) is 64.1 Å². The molecule has 1 aromatic heterocycles. The van der Waals surface area contributed by atoms with Gasteiger partial charge in [0.05, 0.1) is 0 Å². The maximum atomic E-state index is 10.6. The van der Waals surface area contributed by atoms with Crippen molar-refractivity contribution < 1.29 is 14.4 Å². The zero-order chi connectivity index (χ0) is 11.7. The van der Waals surface area contributed by atoms with Gasteiger partial charge in [-0.2, -0.15) is 9.59 Å². The summed E-state index contributed by atoms with van der Waals surface area (Å²) in [7, 11) is 0. The maximum Gasteiger partial charge on any atom is 0.373 e. The predicted molar refractivity (Wildman–Crippen MR) is 53.7 cm³/mol. The molecule has 0 radical (unpaired) electrons. The molecule has 0 fully saturated rings. The van der Waals surface area contributed by atoms with Crippen molar-refractivity contribution in [1.29, 1.82) is 0 Å². The van der Waals surface area contributed by atoms with E-state index in [0.29, 0.717) is 0 Å². The highest BCUT2D eigenvalue weighted by Gasteiger charge is 1.88. The van der Waals surface area contributed by atoms with Crippen LogP contribution in [0.3, 0.4) is 0 Å². The van der Waals surface area contributed by atoms with Crippen LogP contribution < -0.4 is 0 Å². The number of rotatable bonds is 2. The third-order valence-corrected chi connectivity index (χ3v) is 1.43. The second-order valence-electron chi connectivity index (χ2n) is 2.76. The van der Waals surface area contributed by atoms with Gasteiger partial charge in [0.25, 0.3) is 0 Å². The summed E-state index contributed by atoms with van der Waals surface area (Å²) < 4.78 is 0. The van der Waals surface area contributed by atoms with Crippen LogP contribution in [0.25, 0.3) is 6.08 Å². The Bertz CT molecular complexity index is 391. The Hall–Kier alpha value is -2.06. The van der Waals surface area contributed by atoms with E-state index in [1.807, 2.05) is 19.1 Å². The Kier molecular flexibility index (Phi) is 6.34. The van der Waals surface area contributed by atoms with E-state index in [1.54, 1.807) is 18.3 Å². The normalized spacial score (nSPS) is 8.93. The second kappa shape index (κ2) is 7.35. The van der Waals surface area contributed by atoms with Crippen LogP contribution in [0.5, 0.6) is 0 Å². The van der Waals surface area contributed by atoms with E-state index in [0.717, 1.165) is 11.3 Å². The molecule has 0 N–H and O–H groups in total. The molecule has 4 heteroatoms. The minimum atomic E-state index is 0.0597. The molecule has 0 bridgehead atoms. The van der Waals surface area contributed by atoms with Gasteiger partial charge >= 0.3 is 6.15 Å². The van der Waals surface area contributed by atoms with E-state index in [4.69, 9.17) is 9.59 Å². The van der Waals surface area contributed by atoms with Crippen LogP contribution >= 0.6 is 0 Å². The summed E-state index contributed by atoms with van der Waals surface area (Å²) in [6, 6.07) is 3.80. The number of allylic oxidation sites excluding steroid dienone is 1. The first-order valence-corrected chi connectivity index (χ1v) is 4.20. The van der Waals surface area contributed by atoms with E-state index in [2.05, 4.69) is 4.98 Å². The fourth-order valence-electron chi connectivity index (χ4n) is 0.885. The van der Waals surface area contributed by atoms with Crippen LogP contribution in [0.1, 0.15) is 18.2 Å². The van der Waals surface area contributed by atoms with Crippen molar-refractivity contribution in [1.82, 2.24) is 4.98 Å². The summed E-state index contributed by atoms with van der Waals surface area (Å²) in [5.74, 6) is 0.0597. The standard InChI is InChI=1S/C10H11NO.CO2/c1-8-7-10(5-6-11-8)4-3-9(2)12;2-1-3/h3-7H,1-2H3;/b4-3-;. The second-order valence-corrected chi connectivity index (χ2v) is 2.76. The van der Waals surface area contributed by atoms with Gasteiger partial charge in [-0.1, -0.05) is 6.08 Å². The number of ketones is 1. The average Bonchev–Trinajstić information content (AvgIpc) is 2.16. The molecular formula is C11H11NO3. The quantitative estimate of drug-likeness (QED) is 0.685. The Morgan fingerprint density at radius 1 is 1.47 bits per heavy atom. The zero-order valence-corrected chi connectivity index (χ0v) is 8.56. The highest BCUT2D eigenvalue weighted by Crippen LogP contribution is 2.02. The largest absolute Gasteiger partial charge is 0.373 e. The minimum absolute atomic E-state index is 0.0597. The van der Waals surface area contributed by atoms with Crippen LogP contribution in [0, 0.1) is 6.92 Å². The molecule has 78 valence electrons. The minimum Gasteiger partial charge on any atom is -0.295 e. The molecule has 0 aliphatic carbocycles. The number of nitrogens with zero attached hydrogens (tertiary/aromatic N) is 1. The van der Waals surface area contributed by atoms with Crippen molar-refractivity contribution >= 4 is 18.0 Å². The summed E-state index contributed by atoms with van der Waals surface area (Å²) >= 11 is 0. The number of hydrogen-bond acceptors (Lipinski definition) is 4. The molecule has 0 saturated carbocycles. The van der Waals surface area contributed by atoms with Crippen molar-refractivity contribution in [2.75, 3.05) is 0 Å². The summed E-state index contributed by atoms with van der Waals surface area (Å²) in [5.41, 5.74) is 1.97. The SMILES string of the molecule is CC(=O)/C=C\c1ccnc(C)c1.O=C=O. The van der Waals surface area contributed by atoms with E-state index in [-0.39, 0.29) is 11.9 Å². The lowest BCUT2D eigenvalue weighted by Crippen LogP contribution is -1.82. The van der Waals surface area contributed by atoms with Gasteiger partial charge in [0.2, 0.25) is 0 Å². The maximum absolute atomic E-state index is 10.6. The number of carbonyl (C=O) groups excluding carboxylic acids is 3. The van der Waals surface area contributed by atoms with Crippen LogP contribution in [0.15, 0.2) is 24.4 Å². The molecule has 15 heavy (non-hydrogen) atoms. The van der Waals surface area contributed by atoms with E-state index >= 15 is 0 Å². The fraction of sp³-hybridized carbons (Fsp3) is 0.182. The van der Waals surface area contributed by atoms with Crippen molar-refractivity contribution in [2.24, 2.45) is 0 Å². The molecule has 0 saturated heterocycles. The molecule has 0 atom stereocenters. The van der Waals surface area contributed by atoms with Crippen LogP contribution in [-0.2, 0) is 14.4 Å². The van der Waals surface area contributed by atoms with E-state index in [1.165, 1.54) is 6.92 Å². The average molecular weight is 205 g/mol. The molecule has 0 aliphatic rings. The lowest BCUT2D eigenvalue weighted by molar-refractivity contribution is -0.191. The first kappa shape index (κ1) is 12.9. The summed E-state index contributed by atoms with van der Waals surface area (Å²) in [6.45, 7) is 3.45. The smallest absolute Gasteiger partial charge is 0.295 e. The first-order valence-electron chi connectivity index (χ1n) is 4.20. The number of aromatic nitrogens is 1. The summed E-state index contributed by atoms with van der Waals surface area (Å²) in [6.07, 6.45) is 5.32. The third-order valence-electron chi connectivity index (χ3n) is 1.43. The highest BCUT2D eigenvalue weighted by atomic mass is 16.2. The monoisotopic (exact) mass is 205 g/mol. The van der Waals surface area contributed by atoms with E-state index < -0.39 is 0 Å². The summed E-state index contributed by atoms with van der Waals surface area (Å²) in [5, 5.41) is 0. The van der Waals surface area contributed by atoms with Gasteiger partial charge in [-0.25, -0.2) is 0 Å². The fourth-order valence-corrected chi connectivity index (χ4v) is 0.885. The number of hydrogen-bond donors (Lipinski definition) is 0. The lowest BCUT2D eigenvalue weighted by atomic mass is 10.2. The van der Waals surface area contributed by atoms with Crippen molar-refractivity contribution in [2.45, 2.75) is 13.8 Å². The Labute approximate surface area is 87.6 Å². The van der Waals surface area contributed by atoms with Crippen LogP contribution in [-0.4, -0.2) is 16.9 Å². The molecule has 1 heterocycles. The zero-order valence-electron chi connectivity index (χ0n) is 8.56. The predicted octanol–water partition coefficient (Wildman–Crippen LogP) is 1.41. The van der Waals surface area contributed by atoms with Crippen LogP contribution in [0.2, 0.25) is 0 Å². The lowest BCUT2D eigenvalue weighted by Gasteiger charge is -1.93. The molecule has 0 amide bonds. The van der Waals surface area contributed by atoms with Crippen molar-refractivity contribution in [3.63, 3.8) is 0 Å². The molecule has 1 rings (SSSR count). The first-order chi connectivity index (χ1) is 7.10. The van der Waals surface area contributed by atoms with E-state index in [9.17, 15) is 4.79 Å². The van der Waals surface area contributed by atoms with Crippen molar-refractivity contribution in [3.8, 4) is 0 Å². The Balaban J connectivity index is 0.000000583. The Morgan fingerprint density at radius 3 is 2.53 bits per heavy atom. The number of carbonyl (C=O) groups is 1. The number of pyridine rings is 1. The highest BCUT2D eigenvalue weighted by molar-refractivity contribution is 5.91. The molecule has 1 aromatic rings. The molecule has 0 aromatic carbocycles. The Morgan fingerprint density at radius 2 is 2.07 bits per heavy atom.